The first-order valence-electron chi connectivity index (χ1n) is 7.79. The van der Waals surface area contributed by atoms with E-state index in [0.29, 0.717) is 0 Å². The predicted octanol–water partition coefficient (Wildman–Crippen LogP) is 4.56. The van der Waals surface area contributed by atoms with Crippen LogP contribution in [0, 0.1) is 6.92 Å². The standard InChI is InChI=1S/C19H22N2/c1-16-10-12-17(13-11-16)19(21-14-6-3-7-15-21)20-18-8-4-2-5-9-18/h2,4-5,8-13H,3,6-7,14-15H2,1H3. The minimum absolute atomic E-state index is 1.03. The van der Waals surface area contributed by atoms with E-state index in [2.05, 4.69) is 48.2 Å². The highest BCUT2D eigenvalue weighted by atomic mass is 15.2. The number of piperidine rings is 1. The molecule has 0 N–H and O–H groups in total. The lowest BCUT2D eigenvalue weighted by molar-refractivity contribution is 0.343. The second kappa shape index (κ2) is 6.57. The second-order valence-corrected chi connectivity index (χ2v) is 5.68. The van der Waals surface area contributed by atoms with Crippen molar-refractivity contribution >= 4 is 11.5 Å². The number of hydrogen-bond donors (Lipinski definition) is 0. The van der Waals surface area contributed by atoms with Crippen molar-refractivity contribution < 1.29 is 0 Å². The zero-order valence-electron chi connectivity index (χ0n) is 12.6. The number of amidine groups is 1. The molecule has 0 saturated carbocycles. The first kappa shape index (κ1) is 13.9. The van der Waals surface area contributed by atoms with Crippen LogP contribution < -0.4 is 0 Å². The second-order valence-electron chi connectivity index (χ2n) is 5.68. The predicted molar refractivity (Wildman–Crippen MR) is 89.2 cm³/mol. The maximum absolute atomic E-state index is 4.92. The van der Waals surface area contributed by atoms with Crippen LogP contribution in [0.5, 0.6) is 0 Å². The van der Waals surface area contributed by atoms with Gasteiger partial charge in [0.25, 0.3) is 0 Å². The van der Waals surface area contributed by atoms with Crippen molar-refractivity contribution in [2.45, 2.75) is 26.2 Å². The highest BCUT2D eigenvalue weighted by Gasteiger charge is 2.16. The van der Waals surface area contributed by atoms with E-state index in [-0.39, 0.29) is 0 Å². The molecule has 21 heavy (non-hydrogen) atoms. The number of aliphatic imine (C=N–C) groups is 1. The number of benzene rings is 2. The van der Waals surface area contributed by atoms with Crippen LogP contribution in [0.15, 0.2) is 59.6 Å². The van der Waals surface area contributed by atoms with E-state index < -0.39 is 0 Å². The van der Waals surface area contributed by atoms with Crippen LogP contribution in [0.2, 0.25) is 0 Å². The Morgan fingerprint density at radius 3 is 2.19 bits per heavy atom. The third kappa shape index (κ3) is 3.52. The summed E-state index contributed by atoms with van der Waals surface area (Å²) < 4.78 is 0. The lowest BCUT2D eigenvalue weighted by Gasteiger charge is -2.30. The molecule has 108 valence electrons. The molecule has 2 aromatic carbocycles. The Morgan fingerprint density at radius 1 is 0.857 bits per heavy atom. The van der Waals surface area contributed by atoms with Crippen LogP contribution in [-0.4, -0.2) is 23.8 Å². The van der Waals surface area contributed by atoms with Crippen LogP contribution in [0.3, 0.4) is 0 Å². The number of nitrogens with zero attached hydrogens (tertiary/aromatic N) is 2. The average molecular weight is 278 g/mol. The van der Waals surface area contributed by atoms with E-state index in [1.54, 1.807) is 0 Å². The fourth-order valence-electron chi connectivity index (χ4n) is 2.75. The van der Waals surface area contributed by atoms with E-state index in [0.717, 1.165) is 24.6 Å². The van der Waals surface area contributed by atoms with Gasteiger partial charge in [-0.25, -0.2) is 4.99 Å². The van der Waals surface area contributed by atoms with Gasteiger partial charge < -0.3 is 4.90 Å². The lowest BCUT2D eigenvalue weighted by Crippen LogP contribution is -2.36. The smallest absolute Gasteiger partial charge is 0.136 e. The third-order valence-electron chi connectivity index (χ3n) is 3.96. The fourth-order valence-corrected chi connectivity index (χ4v) is 2.75. The van der Waals surface area contributed by atoms with Crippen molar-refractivity contribution in [1.29, 1.82) is 0 Å². The SMILES string of the molecule is Cc1ccc(C(=Nc2ccccc2)N2CCCCC2)cc1. The Hall–Kier alpha value is -2.09. The molecule has 0 atom stereocenters. The van der Waals surface area contributed by atoms with Gasteiger partial charge in [0.05, 0.1) is 5.69 Å². The molecule has 2 heteroatoms. The van der Waals surface area contributed by atoms with Crippen LogP contribution in [-0.2, 0) is 0 Å². The van der Waals surface area contributed by atoms with Crippen molar-refractivity contribution in [3.63, 3.8) is 0 Å². The van der Waals surface area contributed by atoms with Gasteiger partial charge in [0.2, 0.25) is 0 Å². The summed E-state index contributed by atoms with van der Waals surface area (Å²) >= 11 is 0. The normalized spacial score (nSPS) is 16.0. The summed E-state index contributed by atoms with van der Waals surface area (Å²) in [6, 6.07) is 19.0. The third-order valence-corrected chi connectivity index (χ3v) is 3.96. The minimum atomic E-state index is 1.03. The topological polar surface area (TPSA) is 15.6 Å². The molecular weight excluding hydrogens is 256 g/mol. The quantitative estimate of drug-likeness (QED) is 0.581. The van der Waals surface area contributed by atoms with Gasteiger partial charge in [0.1, 0.15) is 5.84 Å². The van der Waals surface area contributed by atoms with Gasteiger partial charge in [-0.05, 0) is 38.3 Å². The van der Waals surface area contributed by atoms with Crippen molar-refractivity contribution in [2.75, 3.05) is 13.1 Å². The number of aryl methyl sites for hydroxylation is 1. The van der Waals surface area contributed by atoms with Crippen LogP contribution >= 0.6 is 0 Å². The Kier molecular flexibility index (Phi) is 4.34. The van der Waals surface area contributed by atoms with Crippen molar-refractivity contribution in [2.24, 2.45) is 4.99 Å². The minimum Gasteiger partial charge on any atom is -0.356 e. The molecule has 1 heterocycles. The van der Waals surface area contributed by atoms with Crippen LogP contribution in [0.4, 0.5) is 5.69 Å². The molecule has 1 aliphatic heterocycles. The molecular formula is C19H22N2. The molecule has 0 unspecified atom stereocenters. The number of rotatable bonds is 2. The van der Waals surface area contributed by atoms with Crippen LogP contribution in [0.25, 0.3) is 0 Å². The zero-order chi connectivity index (χ0) is 14.5. The fraction of sp³-hybridized carbons (Fsp3) is 0.316. The van der Waals surface area contributed by atoms with Gasteiger partial charge in [-0.2, -0.15) is 0 Å². The summed E-state index contributed by atoms with van der Waals surface area (Å²) in [6.07, 6.45) is 3.86. The number of para-hydroxylation sites is 1. The lowest BCUT2D eigenvalue weighted by atomic mass is 10.1. The summed E-state index contributed by atoms with van der Waals surface area (Å²) in [4.78, 5) is 7.36. The molecule has 0 spiro atoms. The summed E-state index contributed by atoms with van der Waals surface area (Å²) in [6.45, 7) is 4.35. The van der Waals surface area contributed by atoms with Crippen molar-refractivity contribution in [1.82, 2.24) is 4.90 Å². The molecule has 0 bridgehead atoms. The molecule has 1 aliphatic rings. The molecule has 0 aromatic heterocycles. The van der Waals surface area contributed by atoms with Gasteiger partial charge in [0, 0.05) is 18.7 Å². The zero-order valence-corrected chi connectivity index (χ0v) is 12.6. The monoisotopic (exact) mass is 278 g/mol. The first-order valence-corrected chi connectivity index (χ1v) is 7.79. The highest BCUT2D eigenvalue weighted by Crippen LogP contribution is 2.19. The molecule has 1 saturated heterocycles. The van der Waals surface area contributed by atoms with Gasteiger partial charge >= 0.3 is 0 Å². The Labute approximate surface area is 127 Å². The summed E-state index contributed by atoms with van der Waals surface area (Å²) in [5, 5.41) is 0. The van der Waals surface area contributed by atoms with E-state index in [1.165, 1.54) is 30.4 Å². The van der Waals surface area contributed by atoms with E-state index in [4.69, 9.17) is 4.99 Å². The van der Waals surface area contributed by atoms with Gasteiger partial charge in [-0.3, -0.25) is 0 Å². The van der Waals surface area contributed by atoms with E-state index in [1.807, 2.05) is 18.2 Å². The molecule has 2 nitrogen and oxygen atoms in total. The molecule has 2 aromatic rings. The molecule has 1 fully saturated rings. The summed E-state index contributed by atoms with van der Waals surface area (Å²) in [5.41, 5.74) is 3.53. The van der Waals surface area contributed by atoms with Gasteiger partial charge in [-0.15, -0.1) is 0 Å². The Balaban J connectivity index is 1.97. The average Bonchev–Trinajstić information content (AvgIpc) is 2.55. The number of likely N-dealkylation sites (tertiary alicyclic amines) is 1. The Morgan fingerprint density at radius 2 is 1.52 bits per heavy atom. The van der Waals surface area contributed by atoms with Crippen molar-refractivity contribution in [3.8, 4) is 0 Å². The van der Waals surface area contributed by atoms with Gasteiger partial charge in [0.15, 0.2) is 0 Å². The number of hydrogen-bond acceptors (Lipinski definition) is 1. The van der Waals surface area contributed by atoms with E-state index >= 15 is 0 Å². The van der Waals surface area contributed by atoms with E-state index in [9.17, 15) is 0 Å². The van der Waals surface area contributed by atoms with Crippen LogP contribution in [0.1, 0.15) is 30.4 Å². The Bertz CT molecular complexity index is 593. The molecule has 0 amide bonds. The van der Waals surface area contributed by atoms with Crippen molar-refractivity contribution in [3.05, 3.63) is 65.7 Å². The largest absolute Gasteiger partial charge is 0.356 e. The van der Waals surface area contributed by atoms with Gasteiger partial charge in [-0.1, -0.05) is 48.0 Å². The first-order chi connectivity index (χ1) is 10.3. The summed E-state index contributed by atoms with van der Waals surface area (Å²) in [5.74, 6) is 1.11. The summed E-state index contributed by atoms with van der Waals surface area (Å²) in [7, 11) is 0. The molecule has 0 radical (unpaired) electrons. The maximum atomic E-state index is 4.92. The molecule has 3 rings (SSSR count). The maximum Gasteiger partial charge on any atom is 0.136 e. The highest BCUT2D eigenvalue weighted by molar-refractivity contribution is 6.00. The molecule has 0 aliphatic carbocycles.